The van der Waals surface area contributed by atoms with Gasteiger partial charge in [0.05, 0.1) is 29.5 Å². The molecule has 1 N–H and O–H groups in total. The summed E-state index contributed by atoms with van der Waals surface area (Å²) < 4.78 is 7.16. The normalized spacial score (nSPS) is 18.1. The van der Waals surface area contributed by atoms with E-state index in [9.17, 15) is 14.4 Å². The highest BCUT2D eigenvalue weighted by molar-refractivity contribution is 7.98. The van der Waals surface area contributed by atoms with Gasteiger partial charge < -0.3 is 10.1 Å². The molecule has 7 nitrogen and oxygen atoms in total. The molecule has 0 aliphatic carbocycles. The molecule has 1 aromatic heterocycles. The Morgan fingerprint density at radius 3 is 2.60 bits per heavy atom. The van der Waals surface area contributed by atoms with Crippen molar-refractivity contribution in [3.63, 3.8) is 0 Å². The second kappa shape index (κ2) is 8.98. The van der Waals surface area contributed by atoms with E-state index in [4.69, 9.17) is 4.74 Å². The molecule has 0 saturated carbocycles. The summed E-state index contributed by atoms with van der Waals surface area (Å²) in [5.41, 5.74) is 3.91. The minimum atomic E-state index is -0.711. The van der Waals surface area contributed by atoms with Crippen molar-refractivity contribution in [1.29, 1.82) is 0 Å². The van der Waals surface area contributed by atoms with Gasteiger partial charge >= 0.3 is 5.97 Å². The minimum Gasteiger partial charge on any atom is -0.463 e. The van der Waals surface area contributed by atoms with Crippen LogP contribution in [0.1, 0.15) is 36.6 Å². The molecule has 0 spiro atoms. The summed E-state index contributed by atoms with van der Waals surface area (Å²) in [6.45, 7) is 5.64. The topological polar surface area (TPSA) is 89.8 Å². The number of carbonyl (C=O) groups is 2. The number of hydrogen-bond acceptors (Lipinski definition) is 7. The zero-order valence-electron chi connectivity index (χ0n) is 19.7. The lowest BCUT2D eigenvalue weighted by Crippen LogP contribution is -2.40. The van der Waals surface area contributed by atoms with Gasteiger partial charge in [-0.25, -0.2) is 9.79 Å². The zero-order valence-corrected chi connectivity index (χ0v) is 21.3. The molecule has 2 aliphatic rings. The van der Waals surface area contributed by atoms with Crippen LogP contribution in [0.4, 0.5) is 5.69 Å². The Hall–Kier alpha value is -3.43. The van der Waals surface area contributed by atoms with Gasteiger partial charge in [0.25, 0.3) is 11.5 Å². The number of fused-ring (bicyclic) bond motifs is 2. The number of anilines is 1. The molecular weight excluding hydrogens is 482 g/mol. The Bertz CT molecular complexity index is 1600. The molecule has 9 heteroatoms. The first-order valence-corrected chi connectivity index (χ1v) is 13.2. The third-order valence-electron chi connectivity index (χ3n) is 6.07. The van der Waals surface area contributed by atoms with Crippen LogP contribution < -0.4 is 20.2 Å². The number of benzene rings is 2. The molecule has 2 aromatic carbocycles. The molecule has 178 valence electrons. The second-order valence-electron chi connectivity index (χ2n) is 8.27. The summed E-state index contributed by atoms with van der Waals surface area (Å²) in [4.78, 5) is 46.0. The lowest BCUT2D eigenvalue weighted by Gasteiger charge is -2.24. The summed E-state index contributed by atoms with van der Waals surface area (Å²) in [6, 6.07) is 12.7. The molecule has 0 unspecified atom stereocenters. The highest BCUT2D eigenvalue weighted by atomic mass is 32.2. The van der Waals surface area contributed by atoms with Crippen molar-refractivity contribution in [3.05, 3.63) is 90.1 Å². The van der Waals surface area contributed by atoms with Gasteiger partial charge in [-0.15, -0.1) is 11.8 Å². The van der Waals surface area contributed by atoms with E-state index in [1.165, 1.54) is 4.57 Å². The van der Waals surface area contributed by atoms with Crippen LogP contribution in [0.5, 0.6) is 0 Å². The lowest BCUT2D eigenvalue weighted by atomic mass is 9.96. The molecule has 2 aliphatic heterocycles. The average molecular weight is 506 g/mol. The van der Waals surface area contributed by atoms with Crippen LogP contribution in [0, 0.1) is 6.92 Å². The summed E-state index contributed by atoms with van der Waals surface area (Å²) in [7, 11) is 0. The molecule has 0 bridgehead atoms. The van der Waals surface area contributed by atoms with Crippen LogP contribution >= 0.6 is 23.1 Å². The number of aryl methyl sites for hydroxylation is 1. The van der Waals surface area contributed by atoms with Gasteiger partial charge in [0.1, 0.15) is 4.53 Å². The van der Waals surface area contributed by atoms with Crippen LogP contribution in [-0.4, -0.2) is 29.3 Å². The number of thioether (sulfide) groups is 1. The van der Waals surface area contributed by atoms with Gasteiger partial charge in [0, 0.05) is 16.1 Å². The summed E-state index contributed by atoms with van der Waals surface area (Å²) in [5.74, 6) is -0.830. The molecule has 0 radical (unpaired) electrons. The molecule has 3 aromatic rings. The maximum absolute atomic E-state index is 13.9. The number of nitrogens with one attached hydrogen (secondary N) is 1. The number of ether oxygens (including phenoxy) is 1. The van der Waals surface area contributed by atoms with E-state index in [1.807, 2.05) is 55.6 Å². The molecule has 1 atom stereocenters. The van der Waals surface area contributed by atoms with E-state index >= 15 is 0 Å². The van der Waals surface area contributed by atoms with Crippen LogP contribution in [0.15, 0.2) is 68.4 Å². The van der Waals surface area contributed by atoms with E-state index in [0.717, 1.165) is 27.4 Å². The van der Waals surface area contributed by atoms with Crippen molar-refractivity contribution in [2.45, 2.75) is 31.7 Å². The first-order chi connectivity index (χ1) is 16.8. The van der Waals surface area contributed by atoms with Gasteiger partial charge in [-0.3, -0.25) is 14.2 Å². The third kappa shape index (κ3) is 3.84. The first kappa shape index (κ1) is 23.3. The number of nitrogens with zero attached hydrogens (tertiary/aromatic N) is 2. The van der Waals surface area contributed by atoms with Gasteiger partial charge in [-0.1, -0.05) is 35.1 Å². The second-order valence-corrected chi connectivity index (χ2v) is 10.1. The molecule has 5 rings (SSSR count). The molecular formula is C26H23N3O4S2. The Balaban J connectivity index is 1.81. The van der Waals surface area contributed by atoms with Crippen LogP contribution in [0.3, 0.4) is 0 Å². The van der Waals surface area contributed by atoms with Gasteiger partial charge in [0.15, 0.2) is 4.80 Å². The lowest BCUT2D eigenvalue weighted by molar-refractivity contribution is -0.139. The highest BCUT2D eigenvalue weighted by Crippen LogP contribution is 2.33. The number of amides is 1. The zero-order chi connectivity index (χ0) is 24.9. The quantitative estimate of drug-likeness (QED) is 0.435. The fraction of sp³-hybridized carbons (Fsp3) is 0.231. The summed E-state index contributed by atoms with van der Waals surface area (Å²) in [5, 5.41) is 2.85. The van der Waals surface area contributed by atoms with E-state index in [0.29, 0.717) is 37.4 Å². The highest BCUT2D eigenvalue weighted by Gasteiger charge is 2.35. The largest absolute Gasteiger partial charge is 0.463 e. The van der Waals surface area contributed by atoms with E-state index < -0.39 is 12.0 Å². The van der Waals surface area contributed by atoms with Crippen LogP contribution in [0.2, 0.25) is 0 Å². The van der Waals surface area contributed by atoms with Crippen molar-refractivity contribution >= 4 is 46.2 Å². The first-order valence-electron chi connectivity index (χ1n) is 11.1. The monoisotopic (exact) mass is 505 g/mol. The summed E-state index contributed by atoms with van der Waals surface area (Å²) >= 11 is 2.77. The van der Waals surface area contributed by atoms with E-state index in [1.54, 1.807) is 25.6 Å². The SMILES string of the molecule is CCOC(=O)C1=C(C)N=c2s/c(=C3\C(=O)Nc4ccc(C)cc43)c(=O)n2[C@H]1c1ccc(SC)cc1. The fourth-order valence-corrected chi connectivity index (χ4v) is 6.00. The number of allylic oxidation sites excluding steroid dienone is 1. The number of aromatic nitrogens is 1. The van der Waals surface area contributed by atoms with Crippen molar-refractivity contribution in [2.24, 2.45) is 4.99 Å². The number of hydrogen-bond donors (Lipinski definition) is 1. The van der Waals surface area contributed by atoms with Crippen LogP contribution in [0.25, 0.3) is 5.57 Å². The van der Waals surface area contributed by atoms with Gasteiger partial charge in [-0.2, -0.15) is 0 Å². The molecule has 0 saturated heterocycles. The molecule has 35 heavy (non-hydrogen) atoms. The van der Waals surface area contributed by atoms with Crippen LogP contribution in [-0.2, 0) is 14.3 Å². The van der Waals surface area contributed by atoms with Crippen molar-refractivity contribution < 1.29 is 14.3 Å². The number of thiazole rings is 1. The fourth-order valence-electron chi connectivity index (χ4n) is 4.45. The Labute approximate surface area is 209 Å². The number of esters is 1. The van der Waals surface area contributed by atoms with Gasteiger partial charge in [0.2, 0.25) is 0 Å². The summed E-state index contributed by atoms with van der Waals surface area (Å²) in [6.07, 6.45) is 1.99. The Morgan fingerprint density at radius 1 is 1.17 bits per heavy atom. The Kier molecular flexibility index (Phi) is 5.98. The van der Waals surface area contributed by atoms with E-state index in [2.05, 4.69) is 10.3 Å². The number of carbonyl (C=O) groups excluding carboxylic acids is 2. The van der Waals surface area contributed by atoms with Gasteiger partial charge in [-0.05, 0) is 56.9 Å². The predicted molar refractivity (Wildman–Crippen MR) is 137 cm³/mol. The smallest absolute Gasteiger partial charge is 0.338 e. The maximum atomic E-state index is 13.9. The molecule has 1 amide bonds. The van der Waals surface area contributed by atoms with Crippen molar-refractivity contribution in [3.8, 4) is 0 Å². The Morgan fingerprint density at radius 2 is 1.91 bits per heavy atom. The molecule has 3 heterocycles. The minimum absolute atomic E-state index is 0.207. The molecule has 0 fully saturated rings. The predicted octanol–water partition coefficient (Wildman–Crippen LogP) is 3.15. The van der Waals surface area contributed by atoms with Crippen molar-refractivity contribution in [2.75, 3.05) is 18.2 Å². The third-order valence-corrected chi connectivity index (χ3v) is 7.87. The standard InChI is InChI=1S/C26H23N3O4S2/c1-5-33-25(32)19-14(3)27-26-29(21(19)15-7-9-16(34-4)10-8-15)24(31)22(35-26)20-17-12-13(2)6-11-18(17)28-23(20)30/h6-12,21H,5H2,1-4H3,(H,28,30)/b22-20-/t21-/m0/s1. The average Bonchev–Trinajstić information content (AvgIpc) is 3.33. The number of rotatable bonds is 4. The van der Waals surface area contributed by atoms with E-state index in [-0.39, 0.29) is 18.1 Å². The van der Waals surface area contributed by atoms with Crippen molar-refractivity contribution in [1.82, 2.24) is 4.57 Å². The maximum Gasteiger partial charge on any atom is 0.338 e.